The van der Waals surface area contributed by atoms with Gasteiger partial charge in [-0.1, -0.05) is 28.4 Å². The first-order valence-corrected chi connectivity index (χ1v) is 8.15. The van der Waals surface area contributed by atoms with Crippen molar-refractivity contribution in [3.63, 3.8) is 0 Å². The molecule has 2 aromatic carbocycles. The van der Waals surface area contributed by atoms with Gasteiger partial charge in [-0.05, 0) is 42.5 Å². The number of carbonyl (C=O) groups is 1. The van der Waals surface area contributed by atoms with Crippen LogP contribution in [0.2, 0.25) is 10.0 Å². The largest absolute Gasteiger partial charge is 0.497 e. The van der Waals surface area contributed by atoms with Crippen molar-refractivity contribution >= 4 is 29.1 Å². The maximum absolute atomic E-state index is 12.2. The van der Waals surface area contributed by atoms with E-state index in [0.29, 0.717) is 27.1 Å². The van der Waals surface area contributed by atoms with Crippen LogP contribution in [0.5, 0.6) is 5.75 Å². The summed E-state index contributed by atoms with van der Waals surface area (Å²) in [6.45, 7) is 0.225. The molecule has 3 rings (SSSR count). The number of carbonyl (C=O) groups excluding carboxylic acids is 1. The average Bonchev–Trinajstić information content (AvgIpc) is 3.08. The predicted octanol–water partition coefficient (Wildman–Crippen LogP) is 4.59. The van der Waals surface area contributed by atoms with Crippen molar-refractivity contribution in [3.8, 4) is 17.1 Å². The van der Waals surface area contributed by atoms with Crippen molar-refractivity contribution in [1.82, 2.24) is 10.5 Å². The van der Waals surface area contributed by atoms with Crippen molar-refractivity contribution in [2.24, 2.45) is 0 Å². The molecule has 0 atom stereocenters. The molecular formula is C18H14Cl2N2O3. The minimum Gasteiger partial charge on any atom is -0.497 e. The van der Waals surface area contributed by atoms with Crippen LogP contribution < -0.4 is 10.1 Å². The van der Waals surface area contributed by atoms with Gasteiger partial charge in [-0.3, -0.25) is 4.79 Å². The summed E-state index contributed by atoms with van der Waals surface area (Å²) in [5.74, 6) is 1.08. The van der Waals surface area contributed by atoms with E-state index < -0.39 is 0 Å². The molecule has 1 amide bonds. The first-order chi connectivity index (χ1) is 12.0. The number of ether oxygens (including phenoxy) is 1. The molecule has 0 bridgehead atoms. The number of halogens is 2. The third-order valence-corrected chi connectivity index (χ3v) is 3.92. The van der Waals surface area contributed by atoms with Gasteiger partial charge >= 0.3 is 0 Å². The zero-order valence-electron chi connectivity index (χ0n) is 13.3. The van der Waals surface area contributed by atoms with Crippen LogP contribution in [-0.4, -0.2) is 18.2 Å². The van der Waals surface area contributed by atoms with Gasteiger partial charge in [-0.15, -0.1) is 0 Å². The molecule has 0 spiro atoms. The number of hydrogen-bond donors (Lipinski definition) is 1. The quantitative estimate of drug-likeness (QED) is 0.707. The summed E-state index contributed by atoms with van der Waals surface area (Å²) in [6.07, 6.45) is 0. The highest BCUT2D eigenvalue weighted by Gasteiger charge is 2.11. The van der Waals surface area contributed by atoms with Gasteiger partial charge in [-0.25, -0.2) is 0 Å². The van der Waals surface area contributed by atoms with Crippen LogP contribution in [-0.2, 0) is 6.54 Å². The molecule has 5 nitrogen and oxygen atoms in total. The van der Waals surface area contributed by atoms with Gasteiger partial charge in [0, 0.05) is 27.2 Å². The molecule has 7 heteroatoms. The molecular weight excluding hydrogens is 363 g/mol. The number of nitrogens with one attached hydrogen (secondary N) is 1. The van der Waals surface area contributed by atoms with Crippen molar-refractivity contribution in [1.29, 1.82) is 0 Å². The van der Waals surface area contributed by atoms with Gasteiger partial charge in [0.05, 0.1) is 13.7 Å². The molecule has 128 valence electrons. The Morgan fingerprint density at radius 2 is 1.80 bits per heavy atom. The van der Waals surface area contributed by atoms with E-state index in [9.17, 15) is 4.79 Å². The summed E-state index contributed by atoms with van der Waals surface area (Å²) in [7, 11) is 1.61. The van der Waals surface area contributed by atoms with Crippen LogP contribution in [0.15, 0.2) is 53.1 Å². The monoisotopic (exact) mass is 376 g/mol. The zero-order chi connectivity index (χ0) is 17.8. The van der Waals surface area contributed by atoms with E-state index in [1.807, 2.05) is 24.3 Å². The second-order valence-electron chi connectivity index (χ2n) is 5.25. The first kappa shape index (κ1) is 17.3. The highest BCUT2D eigenvalue weighted by molar-refractivity contribution is 6.35. The van der Waals surface area contributed by atoms with Crippen molar-refractivity contribution in [3.05, 3.63) is 69.8 Å². The van der Waals surface area contributed by atoms with Gasteiger partial charge in [0.1, 0.15) is 11.4 Å². The van der Waals surface area contributed by atoms with Crippen LogP contribution in [0, 0.1) is 0 Å². The van der Waals surface area contributed by atoms with E-state index in [0.717, 1.165) is 11.3 Å². The summed E-state index contributed by atoms with van der Waals surface area (Å²) in [5.41, 5.74) is 1.86. The third-order valence-electron chi connectivity index (χ3n) is 3.49. The molecule has 0 aliphatic rings. The minimum absolute atomic E-state index is 0.225. The Labute approximate surface area is 154 Å². The van der Waals surface area contributed by atoms with E-state index >= 15 is 0 Å². The number of methoxy groups -OCH3 is 1. The van der Waals surface area contributed by atoms with Gasteiger partial charge in [-0.2, -0.15) is 0 Å². The third kappa shape index (κ3) is 4.32. The Kier molecular flexibility index (Phi) is 5.26. The Hall–Kier alpha value is -2.50. The van der Waals surface area contributed by atoms with E-state index in [1.165, 1.54) is 0 Å². The number of benzene rings is 2. The molecule has 25 heavy (non-hydrogen) atoms. The maximum Gasteiger partial charge on any atom is 0.251 e. The predicted molar refractivity (Wildman–Crippen MR) is 96.1 cm³/mol. The standard InChI is InChI=1S/C18H14Cl2N2O3/c1-24-16-4-2-11(3-5-16)17-9-15(22-25-17)10-21-18(23)12-6-13(19)8-14(20)7-12/h2-9H,10H2,1H3,(H,21,23). The number of rotatable bonds is 5. The Morgan fingerprint density at radius 1 is 1.12 bits per heavy atom. The van der Waals surface area contributed by atoms with Crippen LogP contribution in [0.1, 0.15) is 16.1 Å². The Morgan fingerprint density at radius 3 is 2.44 bits per heavy atom. The minimum atomic E-state index is -0.293. The Bertz CT molecular complexity index is 871. The zero-order valence-corrected chi connectivity index (χ0v) is 14.8. The average molecular weight is 377 g/mol. The van der Waals surface area contributed by atoms with Crippen LogP contribution in [0.3, 0.4) is 0 Å². The smallest absolute Gasteiger partial charge is 0.251 e. The molecule has 0 unspecified atom stereocenters. The summed E-state index contributed by atoms with van der Waals surface area (Å²) in [4.78, 5) is 12.2. The fourth-order valence-corrected chi connectivity index (χ4v) is 2.77. The summed E-state index contributed by atoms with van der Waals surface area (Å²) in [6, 6.07) is 13.9. The lowest BCUT2D eigenvalue weighted by molar-refractivity contribution is 0.0950. The molecule has 1 aromatic heterocycles. The second kappa shape index (κ2) is 7.59. The van der Waals surface area contributed by atoms with E-state index in [2.05, 4.69) is 10.5 Å². The molecule has 0 radical (unpaired) electrons. The molecule has 0 fully saturated rings. The molecule has 0 saturated carbocycles. The van der Waals surface area contributed by atoms with Crippen molar-refractivity contribution in [2.75, 3.05) is 7.11 Å². The second-order valence-corrected chi connectivity index (χ2v) is 6.12. The highest BCUT2D eigenvalue weighted by atomic mass is 35.5. The fraction of sp³-hybridized carbons (Fsp3) is 0.111. The fourth-order valence-electron chi connectivity index (χ4n) is 2.24. The first-order valence-electron chi connectivity index (χ1n) is 7.39. The molecule has 1 N–H and O–H groups in total. The molecule has 1 heterocycles. The molecule has 0 aliphatic heterocycles. The van der Waals surface area contributed by atoms with Crippen molar-refractivity contribution < 1.29 is 14.1 Å². The number of nitrogens with zero attached hydrogens (tertiary/aromatic N) is 1. The van der Waals surface area contributed by atoms with Gasteiger partial charge < -0.3 is 14.6 Å². The topological polar surface area (TPSA) is 64.4 Å². The SMILES string of the molecule is COc1ccc(-c2cc(CNC(=O)c3cc(Cl)cc(Cl)c3)no2)cc1. The summed E-state index contributed by atoms with van der Waals surface area (Å²) in [5, 5.41) is 7.52. The van der Waals surface area contributed by atoms with Crippen LogP contribution in [0.25, 0.3) is 11.3 Å². The molecule has 0 saturated heterocycles. The normalized spacial score (nSPS) is 10.5. The number of hydrogen-bond acceptors (Lipinski definition) is 4. The van der Waals surface area contributed by atoms with Crippen molar-refractivity contribution in [2.45, 2.75) is 6.54 Å². The summed E-state index contributed by atoms with van der Waals surface area (Å²) < 4.78 is 10.4. The lowest BCUT2D eigenvalue weighted by Crippen LogP contribution is -2.22. The van der Waals surface area contributed by atoms with E-state index in [1.54, 1.807) is 31.4 Å². The highest BCUT2D eigenvalue weighted by Crippen LogP contribution is 2.23. The van der Waals surface area contributed by atoms with Crippen LogP contribution >= 0.6 is 23.2 Å². The number of amides is 1. The van der Waals surface area contributed by atoms with Gasteiger partial charge in [0.25, 0.3) is 5.91 Å². The lowest BCUT2D eigenvalue weighted by atomic mass is 10.1. The Balaban J connectivity index is 1.65. The summed E-state index contributed by atoms with van der Waals surface area (Å²) >= 11 is 11.8. The van der Waals surface area contributed by atoms with Gasteiger partial charge in [0.2, 0.25) is 0 Å². The van der Waals surface area contributed by atoms with Crippen LogP contribution in [0.4, 0.5) is 0 Å². The maximum atomic E-state index is 12.2. The molecule has 0 aliphatic carbocycles. The number of aromatic nitrogens is 1. The molecule has 3 aromatic rings. The van der Waals surface area contributed by atoms with E-state index in [-0.39, 0.29) is 12.5 Å². The lowest BCUT2D eigenvalue weighted by Gasteiger charge is -2.04. The van der Waals surface area contributed by atoms with Gasteiger partial charge in [0.15, 0.2) is 5.76 Å². The van der Waals surface area contributed by atoms with E-state index in [4.69, 9.17) is 32.5 Å².